The summed E-state index contributed by atoms with van der Waals surface area (Å²) in [5.74, 6) is 0.0958. The zero-order valence-corrected chi connectivity index (χ0v) is 13.3. The maximum absolute atomic E-state index is 12.5. The van der Waals surface area contributed by atoms with Crippen LogP contribution in [0.5, 0.6) is 5.75 Å². The van der Waals surface area contributed by atoms with E-state index in [1.165, 1.54) is 19.2 Å². The van der Waals surface area contributed by atoms with Crippen LogP contribution in [0.4, 0.5) is 24.5 Å². The number of anilines is 2. The van der Waals surface area contributed by atoms with Gasteiger partial charge in [-0.05, 0) is 42.5 Å². The van der Waals surface area contributed by atoms with Gasteiger partial charge in [-0.1, -0.05) is 11.6 Å². The number of alkyl halides is 3. The van der Waals surface area contributed by atoms with Crippen molar-refractivity contribution in [2.45, 2.75) is 6.18 Å². The van der Waals surface area contributed by atoms with E-state index >= 15 is 0 Å². The Hall–Kier alpha value is -2.41. The van der Waals surface area contributed by atoms with Crippen LogP contribution >= 0.6 is 11.6 Å². The summed E-state index contributed by atoms with van der Waals surface area (Å²) in [6, 6.07) is 9.10. The molecule has 0 saturated carbocycles. The molecule has 1 amide bonds. The maximum Gasteiger partial charge on any atom is 0.416 e. The molecular weight excluding hydrogens is 345 g/mol. The van der Waals surface area contributed by atoms with Crippen molar-refractivity contribution in [3.05, 3.63) is 53.1 Å². The topological polar surface area (TPSA) is 50.4 Å². The maximum atomic E-state index is 12.5. The van der Waals surface area contributed by atoms with Crippen molar-refractivity contribution in [2.24, 2.45) is 0 Å². The highest BCUT2D eigenvalue weighted by Crippen LogP contribution is 2.30. The summed E-state index contributed by atoms with van der Waals surface area (Å²) in [5.41, 5.74) is 0.0303. The van der Waals surface area contributed by atoms with Gasteiger partial charge in [-0.25, -0.2) is 0 Å². The highest BCUT2D eigenvalue weighted by Gasteiger charge is 2.29. The van der Waals surface area contributed by atoms with Gasteiger partial charge in [0.2, 0.25) is 5.91 Å². The van der Waals surface area contributed by atoms with Gasteiger partial charge in [-0.3, -0.25) is 4.79 Å². The molecule has 2 aromatic carbocycles. The number of carbonyl (C=O) groups excluding carboxylic acids is 1. The summed E-state index contributed by atoms with van der Waals surface area (Å²) in [6.45, 7) is -0.0995. The van der Waals surface area contributed by atoms with Gasteiger partial charge in [-0.2, -0.15) is 13.2 Å². The first-order valence-corrected chi connectivity index (χ1v) is 7.22. The molecule has 2 rings (SSSR count). The van der Waals surface area contributed by atoms with E-state index in [1.807, 2.05) is 0 Å². The zero-order chi connectivity index (χ0) is 17.7. The molecule has 8 heteroatoms. The van der Waals surface area contributed by atoms with E-state index in [0.717, 1.165) is 12.1 Å². The Bertz CT molecular complexity index is 718. The molecular formula is C16H14ClF3N2O2. The third-order valence-corrected chi connectivity index (χ3v) is 3.33. The normalized spacial score (nSPS) is 11.0. The monoisotopic (exact) mass is 358 g/mol. The van der Waals surface area contributed by atoms with Crippen LogP contribution in [-0.4, -0.2) is 19.6 Å². The molecule has 2 aromatic rings. The van der Waals surface area contributed by atoms with Crippen molar-refractivity contribution >= 4 is 28.9 Å². The van der Waals surface area contributed by atoms with Crippen LogP contribution in [0.2, 0.25) is 5.02 Å². The lowest BCUT2D eigenvalue weighted by Gasteiger charge is -2.12. The van der Waals surface area contributed by atoms with Crippen molar-refractivity contribution < 1.29 is 22.7 Å². The summed E-state index contributed by atoms with van der Waals surface area (Å²) in [7, 11) is 1.48. The van der Waals surface area contributed by atoms with Crippen molar-refractivity contribution in [2.75, 3.05) is 24.3 Å². The molecule has 0 bridgehead atoms. The summed E-state index contributed by atoms with van der Waals surface area (Å²) in [5, 5.41) is 5.83. The number of rotatable bonds is 5. The molecule has 0 fully saturated rings. The Balaban J connectivity index is 1.95. The van der Waals surface area contributed by atoms with E-state index in [9.17, 15) is 18.0 Å². The van der Waals surface area contributed by atoms with Crippen molar-refractivity contribution in [1.82, 2.24) is 0 Å². The number of halogens is 4. The first-order valence-electron chi connectivity index (χ1n) is 6.84. The molecule has 2 N–H and O–H groups in total. The smallest absolute Gasteiger partial charge is 0.416 e. The van der Waals surface area contributed by atoms with E-state index in [0.29, 0.717) is 16.5 Å². The summed E-state index contributed by atoms with van der Waals surface area (Å²) in [6.07, 6.45) is -4.41. The van der Waals surface area contributed by atoms with Gasteiger partial charge in [0.1, 0.15) is 5.75 Å². The third kappa shape index (κ3) is 4.79. The van der Waals surface area contributed by atoms with Crippen LogP contribution in [0.25, 0.3) is 0 Å². The molecule has 0 unspecified atom stereocenters. The molecule has 0 aliphatic heterocycles. The molecule has 0 saturated heterocycles. The lowest BCUT2D eigenvalue weighted by atomic mass is 10.2. The highest BCUT2D eigenvalue weighted by molar-refractivity contribution is 6.30. The number of amides is 1. The molecule has 0 spiro atoms. The predicted octanol–water partition coefficient (Wildman–Crippen LogP) is 4.42. The van der Waals surface area contributed by atoms with Gasteiger partial charge < -0.3 is 15.4 Å². The fraction of sp³-hybridized carbons (Fsp3) is 0.188. The van der Waals surface area contributed by atoms with Gasteiger partial charge in [0.25, 0.3) is 0 Å². The van der Waals surface area contributed by atoms with Crippen LogP contribution in [-0.2, 0) is 11.0 Å². The Labute approximate surface area is 141 Å². The molecule has 128 valence electrons. The average molecular weight is 359 g/mol. The van der Waals surface area contributed by atoms with Gasteiger partial charge in [0.05, 0.1) is 24.9 Å². The summed E-state index contributed by atoms with van der Waals surface area (Å²) in [4.78, 5) is 11.9. The van der Waals surface area contributed by atoms with Crippen LogP contribution in [0.1, 0.15) is 5.56 Å². The molecule has 0 aliphatic rings. The quantitative estimate of drug-likeness (QED) is 0.832. The standard InChI is InChI=1S/C16H14ClF3N2O2/c1-24-14-7-4-11(17)8-13(14)21-9-15(23)22-12-5-2-10(3-6-12)16(18,19)20/h2-8,21H,9H2,1H3,(H,22,23). The van der Waals surface area contributed by atoms with Crippen molar-refractivity contribution in [1.29, 1.82) is 0 Å². The third-order valence-electron chi connectivity index (χ3n) is 3.10. The van der Waals surface area contributed by atoms with Crippen LogP contribution in [0, 0.1) is 0 Å². The van der Waals surface area contributed by atoms with Gasteiger partial charge in [0.15, 0.2) is 0 Å². The second kappa shape index (κ2) is 7.44. The van der Waals surface area contributed by atoms with Gasteiger partial charge >= 0.3 is 6.18 Å². The molecule has 0 aromatic heterocycles. The van der Waals surface area contributed by atoms with Crippen molar-refractivity contribution in [3.63, 3.8) is 0 Å². The average Bonchev–Trinajstić information content (AvgIpc) is 2.53. The Morgan fingerprint density at radius 1 is 1.17 bits per heavy atom. The van der Waals surface area contributed by atoms with E-state index in [-0.39, 0.29) is 12.2 Å². The first-order chi connectivity index (χ1) is 11.3. The highest BCUT2D eigenvalue weighted by atomic mass is 35.5. The summed E-state index contributed by atoms with van der Waals surface area (Å²) >= 11 is 5.88. The minimum Gasteiger partial charge on any atom is -0.495 e. The molecule has 4 nitrogen and oxygen atoms in total. The van der Waals surface area contributed by atoms with E-state index < -0.39 is 17.6 Å². The Kier molecular flexibility index (Phi) is 5.56. The lowest BCUT2D eigenvalue weighted by Crippen LogP contribution is -2.22. The minimum atomic E-state index is -4.41. The van der Waals surface area contributed by atoms with E-state index in [2.05, 4.69) is 10.6 Å². The van der Waals surface area contributed by atoms with Crippen LogP contribution in [0.3, 0.4) is 0 Å². The second-order valence-electron chi connectivity index (χ2n) is 4.82. The second-order valence-corrected chi connectivity index (χ2v) is 5.26. The van der Waals surface area contributed by atoms with E-state index in [4.69, 9.17) is 16.3 Å². The van der Waals surface area contributed by atoms with Gasteiger partial charge in [0, 0.05) is 10.7 Å². The number of carbonyl (C=O) groups is 1. The first kappa shape index (κ1) is 17.9. The number of methoxy groups -OCH3 is 1. The largest absolute Gasteiger partial charge is 0.495 e. The molecule has 0 heterocycles. The van der Waals surface area contributed by atoms with Crippen LogP contribution in [0.15, 0.2) is 42.5 Å². The fourth-order valence-corrected chi connectivity index (χ4v) is 2.11. The Morgan fingerprint density at radius 3 is 2.42 bits per heavy atom. The number of hydrogen-bond donors (Lipinski definition) is 2. The minimum absolute atomic E-state index is 0.0995. The van der Waals surface area contributed by atoms with E-state index in [1.54, 1.807) is 18.2 Å². The molecule has 0 atom stereocenters. The number of nitrogens with one attached hydrogen (secondary N) is 2. The zero-order valence-electron chi connectivity index (χ0n) is 12.6. The summed E-state index contributed by atoms with van der Waals surface area (Å²) < 4.78 is 42.6. The number of hydrogen-bond acceptors (Lipinski definition) is 3. The predicted molar refractivity (Wildman–Crippen MR) is 86.6 cm³/mol. The SMILES string of the molecule is COc1ccc(Cl)cc1NCC(=O)Nc1ccc(C(F)(F)F)cc1. The molecule has 0 radical (unpaired) electrons. The number of benzene rings is 2. The fourth-order valence-electron chi connectivity index (χ4n) is 1.94. The van der Waals surface area contributed by atoms with Crippen molar-refractivity contribution in [3.8, 4) is 5.75 Å². The van der Waals surface area contributed by atoms with Gasteiger partial charge in [-0.15, -0.1) is 0 Å². The molecule has 24 heavy (non-hydrogen) atoms. The lowest BCUT2D eigenvalue weighted by molar-refractivity contribution is -0.137. The number of ether oxygens (including phenoxy) is 1. The Morgan fingerprint density at radius 2 is 1.83 bits per heavy atom. The molecule has 0 aliphatic carbocycles. The van der Waals surface area contributed by atoms with Crippen LogP contribution < -0.4 is 15.4 Å².